The van der Waals surface area contributed by atoms with Crippen molar-refractivity contribution in [1.29, 1.82) is 0 Å². The second-order valence-electron chi connectivity index (χ2n) is 2.95. The lowest BCUT2D eigenvalue weighted by Gasteiger charge is -2.02. The fourth-order valence-electron chi connectivity index (χ4n) is 1.38. The Bertz CT molecular complexity index is 574. The number of carbonyl (C=O) groups is 1. The maximum Gasteiger partial charge on any atom is 0.340 e. The van der Waals surface area contributed by atoms with Crippen LogP contribution in [0.1, 0.15) is 10.4 Å². The molecule has 0 bridgehead atoms. The number of hydrogen-bond acceptors (Lipinski definition) is 4. The molecule has 1 N–H and O–H groups in total. The van der Waals surface area contributed by atoms with Crippen LogP contribution in [0.3, 0.4) is 0 Å². The monoisotopic (exact) mass is 204 g/mol. The second-order valence-corrected chi connectivity index (χ2v) is 2.95. The lowest BCUT2D eigenvalue weighted by atomic mass is 10.1. The lowest BCUT2D eigenvalue weighted by molar-refractivity contribution is 0.0602. The van der Waals surface area contributed by atoms with Gasteiger partial charge in [-0.15, -0.1) is 0 Å². The Morgan fingerprint density at radius 3 is 2.93 bits per heavy atom. The highest BCUT2D eigenvalue weighted by molar-refractivity contribution is 6.03. The highest BCUT2D eigenvalue weighted by atomic mass is 16.5. The molecule has 2 heterocycles. The van der Waals surface area contributed by atoms with Gasteiger partial charge < -0.3 is 9.72 Å². The number of rotatable bonds is 1. The Hall–Kier alpha value is -2.17. The number of ether oxygens (including phenoxy) is 1. The first-order valence-corrected chi connectivity index (χ1v) is 4.28. The zero-order chi connectivity index (χ0) is 10.8. The van der Waals surface area contributed by atoms with Gasteiger partial charge in [-0.05, 0) is 6.07 Å². The predicted molar refractivity (Wildman–Crippen MR) is 53.7 cm³/mol. The molecule has 15 heavy (non-hydrogen) atoms. The minimum atomic E-state index is -0.501. The van der Waals surface area contributed by atoms with Crippen molar-refractivity contribution in [3.05, 3.63) is 40.6 Å². The molecule has 0 amide bonds. The summed E-state index contributed by atoms with van der Waals surface area (Å²) in [7, 11) is 1.29. The van der Waals surface area contributed by atoms with Crippen LogP contribution in [-0.4, -0.2) is 23.0 Å². The molecule has 0 aromatic carbocycles. The van der Waals surface area contributed by atoms with Gasteiger partial charge in [0.25, 0.3) is 5.56 Å². The minimum absolute atomic E-state index is 0.272. The predicted octanol–water partition coefficient (Wildman–Crippen LogP) is 0.710. The van der Waals surface area contributed by atoms with E-state index in [1.165, 1.54) is 25.7 Å². The zero-order valence-corrected chi connectivity index (χ0v) is 7.98. The van der Waals surface area contributed by atoms with Crippen LogP contribution in [0.15, 0.2) is 29.5 Å². The van der Waals surface area contributed by atoms with E-state index in [1.54, 1.807) is 6.07 Å². The Labute approximate surface area is 84.7 Å². The highest BCUT2D eigenvalue weighted by Gasteiger charge is 2.11. The first kappa shape index (κ1) is 9.39. The van der Waals surface area contributed by atoms with Crippen molar-refractivity contribution in [3.63, 3.8) is 0 Å². The molecule has 0 aliphatic rings. The summed E-state index contributed by atoms with van der Waals surface area (Å²) in [5.41, 5.74) is 0.0202. The van der Waals surface area contributed by atoms with Gasteiger partial charge in [-0.3, -0.25) is 9.78 Å². The van der Waals surface area contributed by atoms with Gasteiger partial charge in [0, 0.05) is 24.0 Å². The summed E-state index contributed by atoms with van der Waals surface area (Å²) in [4.78, 5) is 29.1. The summed E-state index contributed by atoms with van der Waals surface area (Å²) in [5.74, 6) is -0.501. The van der Waals surface area contributed by atoms with Crippen molar-refractivity contribution in [1.82, 2.24) is 9.97 Å². The average Bonchev–Trinajstić information content (AvgIpc) is 2.28. The van der Waals surface area contributed by atoms with E-state index in [2.05, 4.69) is 14.7 Å². The number of fused-ring (bicyclic) bond motifs is 1. The Balaban J connectivity index is 2.83. The molecule has 5 heteroatoms. The number of carbonyl (C=O) groups excluding carboxylic acids is 1. The molecule has 2 rings (SSSR count). The van der Waals surface area contributed by atoms with E-state index in [0.717, 1.165) is 0 Å². The van der Waals surface area contributed by atoms with Gasteiger partial charge in [-0.25, -0.2) is 4.79 Å². The molecule has 0 aliphatic heterocycles. The molecule has 0 radical (unpaired) electrons. The van der Waals surface area contributed by atoms with Gasteiger partial charge in [-0.1, -0.05) is 0 Å². The van der Waals surface area contributed by atoms with Crippen LogP contribution in [-0.2, 0) is 4.74 Å². The number of H-pyrrole nitrogens is 1. The summed E-state index contributed by atoms with van der Waals surface area (Å²) in [6.45, 7) is 0. The van der Waals surface area contributed by atoms with E-state index in [-0.39, 0.29) is 5.56 Å². The van der Waals surface area contributed by atoms with E-state index >= 15 is 0 Å². The minimum Gasteiger partial charge on any atom is -0.465 e. The molecule has 0 unspecified atom stereocenters. The molecule has 0 atom stereocenters. The van der Waals surface area contributed by atoms with Gasteiger partial charge in [0.15, 0.2) is 0 Å². The molecule has 0 spiro atoms. The number of aromatic amines is 1. The molecular weight excluding hydrogens is 196 g/mol. The fraction of sp³-hybridized carbons (Fsp3) is 0.100. The standard InChI is InChI=1S/C10H8N2O3/c1-15-10(14)8-5-11-4-7-6(8)2-3-12-9(7)13/h2-5H,1H3,(H,12,13). The van der Waals surface area contributed by atoms with Crippen LogP contribution in [0.2, 0.25) is 0 Å². The quantitative estimate of drug-likeness (QED) is 0.694. The van der Waals surface area contributed by atoms with E-state index < -0.39 is 5.97 Å². The van der Waals surface area contributed by atoms with Crippen molar-refractivity contribution in [2.24, 2.45) is 0 Å². The Morgan fingerprint density at radius 1 is 1.40 bits per heavy atom. The number of aromatic nitrogens is 2. The molecule has 0 saturated heterocycles. The summed E-state index contributed by atoms with van der Waals surface area (Å²) in [6.07, 6.45) is 4.28. The Morgan fingerprint density at radius 2 is 2.20 bits per heavy atom. The summed E-state index contributed by atoms with van der Waals surface area (Å²) < 4.78 is 4.59. The topological polar surface area (TPSA) is 72.0 Å². The fourth-order valence-corrected chi connectivity index (χ4v) is 1.38. The van der Waals surface area contributed by atoms with Crippen molar-refractivity contribution < 1.29 is 9.53 Å². The van der Waals surface area contributed by atoms with Crippen LogP contribution in [0.5, 0.6) is 0 Å². The number of pyridine rings is 2. The summed E-state index contributed by atoms with van der Waals surface area (Å²) in [6, 6.07) is 1.64. The van der Waals surface area contributed by atoms with E-state index in [1.807, 2.05) is 0 Å². The lowest BCUT2D eigenvalue weighted by Crippen LogP contribution is -2.09. The highest BCUT2D eigenvalue weighted by Crippen LogP contribution is 2.13. The molecule has 0 aliphatic carbocycles. The third-order valence-electron chi connectivity index (χ3n) is 2.10. The van der Waals surface area contributed by atoms with Crippen LogP contribution in [0.25, 0.3) is 10.8 Å². The largest absolute Gasteiger partial charge is 0.465 e. The third-order valence-corrected chi connectivity index (χ3v) is 2.10. The number of nitrogens with one attached hydrogen (secondary N) is 1. The molecule has 0 saturated carbocycles. The molecule has 5 nitrogen and oxygen atoms in total. The molecule has 2 aromatic heterocycles. The van der Waals surface area contributed by atoms with Crippen molar-refractivity contribution in [3.8, 4) is 0 Å². The van der Waals surface area contributed by atoms with Gasteiger partial charge in [0.05, 0.1) is 18.1 Å². The van der Waals surface area contributed by atoms with Gasteiger partial charge in [-0.2, -0.15) is 0 Å². The SMILES string of the molecule is COC(=O)c1cncc2c(=O)[nH]ccc12. The third kappa shape index (κ3) is 1.48. The first-order valence-electron chi connectivity index (χ1n) is 4.28. The van der Waals surface area contributed by atoms with Crippen molar-refractivity contribution in [2.45, 2.75) is 0 Å². The van der Waals surface area contributed by atoms with E-state index in [0.29, 0.717) is 16.3 Å². The van der Waals surface area contributed by atoms with Crippen molar-refractivity contribution in [2.75, 3.05) is 7.11 Å². The average molecular weight is 204 g/mol. The van der Waals surface area contributed by atoms with E-state index in [9.17, 15) is 9.59 Å². The van der Waals surface area contributed by atoms with Crippen molar-refractivity contribution >= 4 is 16.7 Å². The Kier molecular flexibility index (Phi) is 2.21. The van der Waals surface area contributed by atoms with Gasteiger partial charge in [0.1, 0.15) is 0 Å². The van der Waals surface area contributed by atoms with Crippen LogP contribution < -0.4 is 5.56 Å². The van der Waals surface area contributed by atoms with E-state index in [4.69, 9.17) is 0 Å². The normalized spacial score (nSPS) is 10.2. The number of esters is 1. The van der Waals surface area contributed by atoms with Crippen LogP contribution in [0.4, 0.5) is 0 Å². The maximum absolute atomic E-state index is 11.4. The maximum atomic E-state index is 11.4. The summed E-state index contributed by atoms with van der Waals surface area (Å²) in [5, 5.41) is 0.918. The van der Waals surface area contributed by atoms with Gasteiger partial charge in [0.2, 0.25) is 0 Å². The molecule has 0 fully saturated rings. The molecule has 76 valence electrons. The smallest absolute Gasteiger partial charge is 0.340 e. The number of nitrogens with zero attached hydrogens (tertiary/aromatic N) is 1. The van der Waals surface area contributed by atoms with Crippen LogP contribution >= 0.6 is 0 Å². The first-order chi connectivity index (χ1) is 7.24. The molecule has 2 aromatic rings. The summed E-state index contributed by atoms with van der Waals surface area (Å²) >= 11 is 0. The number of methoxy groups -OCH3 is 1. The second kappa shape index (κ2) is 3.53. The molecular formula is C10H8N2O3. The number of hydrogen-bond donors (Lipinski definition) is 1. The zero-order valence-electron chi connectivity index (χ0n) is 7.98. The van der Waals surface area contributed by atoms with Crippen LogP contribution in [0, 0.1) is 0 Å². The van der Waals surface area contributed by atoms with Gasteiger partial charge >= 0.3 is 5.97 Å².